The summed E-state index contributed by atoms with van der Waals surface area (Å²) in [6, 6.07) is -2.59. The Morgan fingerprint density at radius 2 is 2.04 bits per heavy atom. The molecule has 9 nitrogen and oxygen atoms in total. The number of nitrogens with one attached hydrogen (secondary N) is 1. The van der Waals surface area contributed by atoms with Crippen LogP contribution in [0, 0.1) is 0 Å². The van der Waals surface area contributed by atoms with Gasteiger partial charge in [-0.3, -0.25) is 14.4 Å². The number of aliphatic carboxylic acids is 2. The summed E-state index contributed by atoms with van der Waals surface area (Å²) in [7, 11) is 0. The van der Waals surface area contributed by atoms with Crippen molar-refractivity contribution < 1.29 is 29.4 Å². The SMILES string of the molecule is C[C@@H]1S[C@@H]2[C@H](NC(=O)CCC[C@@H](N)C(=O)O)C(=O)N2C1C(=O)O. The summed E-state index contributed by atoms with van der Waals surface area (Å²) in [4.78, 5) is 46.9. The number of rotatable bonds is 7. The molecule has 10 heteroatoms. The van der Waals surface area contributed by atoms with Gasteiger partial charge in [-0.05, 0) is 12.8 Å². The van der Waals surface area contributed by atoms with Gasteiger partial charge in [0.2, 0.25) is 11.8 Å². The van der Waals surface area contributed by atoms with Crippen molar-refractivity contribution in [2.45, 2.75) is 54.9 Å². The van der Waals surface area contributed by atoms with Crippen LogP contribution in [0.15, 0.2) is 0 Å². The van der Waals surface area contributed by atoms with E-state index in [1.807, 2.05) is 0 Å². The first-order chi connectivity index (χ1) is 10.7. The maximum atomic E-state index is 12.0. The predicted octanol–water partition coefficient (Wildman–Crippen LogP) is -1.19. The van der Waals surface area contributed by atoms with Crippen molar-refractivity contribution in [3.8, 4) is 0 Å². The number of hydrogen-bond acceptors (Lipinski definition) is 6. The number of nitrogens with zero attached hydrogens (tertiary/aromatic N) is 1. The van der Waals surface area contributed by atoms with Crippen molar-refractivity contribution in [1.29, 1.82) is 0 Å². The van der Waals surface area contributed by atoms with E-state index < -0.39 is 36.0 Å². The van der Waals surface area contributed by atoms with Gasteiger partial charge in [0.25, 0.3) is 0 Å². The second-order valence-electron chi connectivity index (χ2n) is 5.64. The molecule has 0 bridgehead atoms. The quantitative estimate of drug-likeness (QED) is 0.421. The molecular formula is C13H19N3O6S. The number of amides is 2. The fourth-order valence-electron chi connectivity index (χ4n) is 2.75. The molecule has 0 spiro atoms. The summed E-state index contributed by atoms with van der Waals surface area (Å²) < 4.78 is 0. The molecule has 0 aromatic rings. The summed E-state index contributed by atoms with van der Waals surface area (Å²) in [5, 5.41) is 19.8. The van der Waals surface area contributed by atoms with E-state index in [9.17, 15) is 19.2 Å². The number of carboxylic acid groups (broad SMARTS) is 2. The van der Waals surface area contributed by atoms with Gasteiger partial charge < -0.3 is 26.2 Å². The van der Waals surface area contributed by atoms with Crippen LogP contribution in [0.5, 0.6) is 0 Å². The number of thioether (sulfide) groups is 1. The van der Waals surface area contributed by atoms with Crippen LogP contribution in [-0.4, -0.2) is 67.6 Å². The van der Waals surface area contributed by atoms with Gasteiger partial charge in [0, 0.05) is 11.7 Å². The topological polar surface area (TPSA) is 150 Å². The minimum Gasteiger partial charge on any atom is -0.480 e. The average molecular weight is 345 g/mol. The number of carboxylic acids is 2. The highest BCUT2D eigenvalue weighted by Crippen LogP contribution is 2.44. The second-order valence-corrected chi connectivity index (χ2v) is 7.14. The van der Waals surface area contributed by atoms with Crippen LogP contribution in [0.4, 0.5) is 0 Å². The molecule has 23 heavy (non-hydrogen) atoms. The molecule has 0 saturated carbocycles. The average Bonchev–Trinajstić information content (AvgIpc) is 2.78. The van der Waals surface area contributed by atoms with Crippen LogP contribution in [0.2, 0.25) is 0 Å². The summed E-state index contributed by atoms with van der Waals surface area (Å²) in [6.45, 7) is 1.74. The van der Waals surface area contributed by atoms with Gasteiger partial charge in [0.05, 0.1) is 0 Å². The number of carbonyl (C=O) groups is 4. The van der Waals surface area contributed by atoms with E-state index in [1.165, 1.54) is 16.7 Å². The molecule has 2 aliphatic rings. The first kappa shape index (κ1) is 17.5. The van der Waals surface area contributed by atoms with E-state index in [1.54, 1.807) is 6.92 Å². The van der Waals surface area contributed by atoms with E-state index in [0.717, 1.165) is 0 Å². The zero-order chi connectivity index (χ0) is 17.3. The second kappa shape index (κ2) is 6.75. The molecule has 0 aromatic heterocycles. The molecule has 5 N–H and O–H groups in total. The molecule has 2 fully saturated rings. The lowest BCUT2D eigenvalue weighted by Gasteiger charge is -2.43. The highest BCUT2D eigenvalue weighted by Gasteiger charge is 2.60. The Hall–Kier alpha value is -1.81. The van der Waals surface area contributed by atoms with Gasteiger partial charge in [0.15, 0.2) is 0 Å². The minimum atomic E-state index is -1.12. The number of nitrogens with two attached hydrogens (primary N) is 1. The van der Waals surface area contributed by atoms with Gasteiger partial charge in [-0.15, -0.1) is 11.8 Å². The molecule has 0 aliphatic carbocycles. The van der Waals surface area contributed by atoms with Crippen molar-refractivity contribution in [2.24, 2.45) is 5.73 Å². The molecule has 2 heterocycles. The van der Waals surface area contributed by atoms with Gasteiger partial charge in [-0.2, -0.15) is 0 Å². The predicted molar refractivity (Wildman–Crippen MR) is 80.5 cm³/mol. The molecule has 2 rings (SSSR count). The zero-order valence-electron chi connectivity index (χ0n) is 12.5. The smallest absolute Gasteiger partial charge is 0.327 e. The molecule has 2 saturated heterocycles. The Kier molecular flexibility index (Phi) is 5.15. The molecular weight excluding hydrogens is 326 g/mol. The normalized spacial score (nSPS) is 30.3. The van der Waals surface area contributed by atoms with Crippen LogP contribution >= 0.6 is 11.8 Å². The van der Waals surface area contributed by atoms with Crippen molar-refractivity contribution in [2.75, 3.05) is 0 Å². The molecule has 5 atom stereocenters. The maximum Gasteiger partial charge on any atom is 0.327 e. The fourth-order valence-corrected chi connectivity index (χ4v) is 4.29. The molecule has 2 amide bonds. The Labute approximate surface area is 136 Å². The van der Waals surface area contributed by atoms with Gasteiger partial charge >= 0.3 is 11.9 Å². The summed E-state index contributed by atoms with van der Waals surface area (Å²) >= 11 is 1.35. The third-order valence-corrected chi connectivity index (χ3v) is 5.45. The lowest BCUT2D eigenvalue weighted by molar-refractivity contribution is -0.160. The van der Waals surface area contributed by atoms with E-state index in [2.05, 4.69) is 5.32 Å². The standard InChI is InChI=1S/C13H19N3O6S/c1-5-9(13(21)22)16-10(18)8(11(16)23-5)15-7(17)4-2-3-6(14)12(19)20/h5-6,8-9,11H,2-4,14H2,1H3,(H,15,17)(H,19,20)(H,21,22)/t5-,6+,8+,9?,11+/m0/s1. The Balaban J connectivity index is 1.81. The Morgan fingerprint density at radius 1 is 1.39 bits per heavy atom. The molecule has 1 unspecified atom stereocenters. The summed E-state index contributed by atoms with van der Waals surface area (Å²) in [6.07, 6.45) is 0.541. The Bertz CT molecular complexity index is 542. The van der Waals surface area contributed by atoms with Gasteiger partial charge in [-0.25, -0.2) is 4.79 Å². The van der Waals surface area contributed by atoms with Crippen molar-refractivity contribution >= 4 is 35.5 Å². The molecule has 0 aromatic carbocycles. The van der Waals surface area contributed by atoms with E-state index >= 15 is 0 Å². The highest BCUT2D eigenvalue weighted by atomic mass is 32.2. The van der Waals surface area contributed by atoms with Gasteiger partial charge in [0.1, 0.15) is 23.5 Å². The highest BCUT2D eigenvalue weighted by molar-refractivity contribution is 8.01. The lowest BCUT2D eigenvalue weighted by atomic mass is 10.0. The maximum absolute atomic E-state index is 12.0. The third kappa shape index (κ3) is 3.42. The van der Waals surface area contributed by atoms with Crippen LogP contribution in [-0.2, 0) is 19.2 Å². The number of fused-ring (bicyclic) bond motifs is 1. The Morgan fingerprint density at radius 3 is 2.61 bits per heavy atom. The fraction of sp³-hybridized carbons (Fsp3) is 0.692. The van der Waals surface area contributed by atoms with Crippen molar-refractivity contribution in [3.63, 3.8) is 0 Å². The lowest BCUT2D eigenvalue weighted by Crippen LogP contribution is -2.70. The van der Waals surface area contributed by atoms with E-state index in [-0.39, 0.29) is 29.4 Å². The summed E-state index contributed by atoms with van der Waals surface area (Å²) in [5.41, 5.74) is 5.34. The first-order valence-corrected chi connectivity index (χ1v) is 8.16. The monoisotopic (exact) mass is 345 g/mol. The van der Waals surface area contributed by atoms with Crippen LogP contribution < -0.4 is 11.1 Å². The first-order valence-electron chi connectivity index (χ1n) is 7.22. The van der Waals surface area contributed by atoms with Crippen LogP contribution in [0.1, 0.15) is 26.2 Å². The summed E-state index contributed by atoms with van der Waals surface area (Å²) in [5.74, 6) is -2.93. The number of β-lactam (4-membered cyclic amide) rings is 1. The van der Waals surface area contributed by atoms with Crippen molar-refractivity contribution in [1.82, 2.24) is 10.2 Å². The number of carbonyl (C=O) groups excluding carboxylic acids is 2. The molecule has 0 radical (unpaired) electrons. The van der Waals surface area contributed by atoms with E-state index in [4.69, 9.17) is 15.9 Å². The minimum absolute atomic E-state index is 0.0695. The largest absolute Gasteiger partial charge is 0.480 e. The molecule has 2 aliphatic heterocycles. The van der Waals surface area contributed by atoms with Crippen LogP contribution in [0.3, 0.4) is 0 Å². The van der Waals surface area contributed by atoms with E-state index in [0.29, 0.717) is 6.42 Å². The zero-order valence-corrected chi connectivity index (χ0v) is 13.3. The van der Waals surface area contributed by atoms with Crippen LogP contribution in [0.25, 0.3) is 0 Å². The van der Waals surface area contributed by atoms with Crippen molar-refractivity contribution in [3.05, 3.63) is 0 Å². The molecule has 128 valence electrons. The third-order valence-electron chi connectivity index (χ3n) is 3.98. The number of hydrogen-bond donors (Lipinski definition) is 4. The van der Waals surface area contributed by atoms with Gasteiger partial charge in [-0.1, -0.05) is 6.92 Å².